The Morgan fingerprint density at radius 1 is 0.409 bits per heavy atom. The fraction of sp³-hybridized carbons (Fsp3) is 0. The van der Waals surface area contributed by atoms with Crippen molar-refractivity contribution < 1.29 is 0 Å². The molecule has 9 aromatic rings. The zero-order valence-corrected chi connectivity index (χ0v) is 24.5. The molecule has 0 radical (unpaired) electrons. The van der Waals surface area contributed by atoms with Crippen molar-refractivity contribution >= 4 is 53.3 Å². The molecule has 0 aliphatic rings. The maximum atomic E-state index is 5.28. The smallest absolute Gasteiger partial charge is 0.162 e. The second kappa shape index (κ2) is 10.0. The van der Waals surface area contributed by atoms with Crippen LogP contribution in [0, 0.1) is 0 Å². The van der Waals surface area contributed by atoms with Crippen molar-refractivity contribution in [2.75, 3.05) is 0 Å². The van der Waals surface area contributed by atoms with Gasteiger partial charge in [0.15, 0.2) is 5.82 Å². The van der Waals surface area contributed by atoms with Gasteiger partial charge in [-0.2, -0.15) is 0 Å². The molecule has 9 rings (SSSR count). The van der Waals surface area contributed by atoms with Gasteiger partial charge in [-0.1, -0.05) is 103 Å². The Bertz CT molecular complexity index is 2450. The lowest BCUT2D eigenvalue weighted by atomic mass is 10.0. The third-order valence-electron chi connectivity index (χ3n) is 8.42. The van der Waals surface area contributed by atoms with Crippen LogP contribution in [0.25, 0.3) is 81.6 Å². The summed E-state index contributed by atoms with van der Waals surface area (Å²) >= 11 is 1.82. The van der Waals surface area contributed by atoms with E-state index in [0.717, 1.165) is 39.2 Å². The SMILES string of the molecule is c1ccc(-c2cccc(-c3cc(-n4c5ccccc5c5ccccc54)nc(-c4ccc5sc6ccccc6c5c4)n3)c2)cc1. The lowest BCUT2D eigenvalue weighted by Gasteiger charge is -2.13. The molecule has 0 aliphatic heterocycles. The molecule has 0 saturated carbocycles. The van der Waals surface area contributed by atoms with Gasteiger partial charge in [-0.25, -0.2) is 9.97 Å². The molecule has 3 aromatic heterocycles. The predicted molar refractivity (Wildman–Crippen MR) is 186 cm³/mol. The maximum Gasteiger partial charge on any atom is 0.162 e. The zero-order chi connectivity index (χ0) is 29.0. The van der Waals surface area contributed by atoms with E-state index in [-0.39, 0.29) is 0 Å². The first-order valence-corrected chi connectivity index (χ1v) is 15.6. The minimum atomic E-state index is 0.710. The van der Waals surface area contributed by atoms with E-state index in [9.17, 15) is 0 Å². The molecule has 0 spiro atoms. The van der Waals surface area contributed by atoms with E-state index in [1.54, 1.807) is 0 Å². The minimum Gasteiger partial charge on any atom is -0.294 e. The summed E-state index contributed by atoms with van der Waals surface area (Å²) in [6.07, 6.45) is 0. The lowest BCUT2D eigenvalue weighted by Crippen LogP contribution is -2.02. The third kappa shape index (κ3) is 4.03. The number of fused-ring (bicyclic) bond motifs is 6. The van der Waals surface area contributed by atoms with Crippen LogP contribution in [0.3, 0.4) is 0 Å². The molecule has 0 amide bonds. The Morgan fingerprint density at radius 2 is 1.05 bits per heavy atom. The van der Waals surface area contributed by atoms with Crippen molar-refractivity contribution in [2.24, 2.45) is 0 Å². The van der Waals surface area contributed by atoms with Crippen LogP contribution in [0.2, 0.25) is 0 Å². The summed E-state index contributed by atoms with van der Waals surface area (Å²) in [7, 11) is 0. The first-order chi connectivity index (χ1) is 21.8. The van der Waals surface area contributed by atoms with E-state index >= 15 is 0 Å². The number of thiophene rings is 1. The second-order valence-corrected chi connectivity index (χ2v) is 12.1. The summed E-state index contributed by atoms with van der Waals surface area (Å²) in [6.45, 7) is 0. The summed E-state index contributed by atoms with van der Waals surface area (Å²) in [5.41, 5.74) is 7.54. The van der Waals surface area contributed by atoms with Crippen molar-refractivity contribution in [3.63, 3.8) is 0 Å². The highest BCUT2D eigenvalue weighted by Gasteiger charge is 2.17. The molecule has 4 heteroatoms. The van der Waals surface area contributed by atoms with Gasteiger partial charge < -0.3 is 0 Å². The topological polar surface area (TPSA) is 30.7 Å². The first kappa shape index (κ1) is 25.0. The maximum absolute atomic E-state index is 5.28. The number of benzene rings is 6. The molecular formula is C40H25N3S. The molecule has 6 aromatic carbocycles. The van der Waals surface area contributed by atoms with E-state index < -0.39 is 0 Å². The quantitative estimate of drug-likeness (QED) is 0.208. The largest absolute Gasteiger partial charge is 0.294 e. The predicted octanol–water partition coefficient (Wildman–Crippen LogP) is 10.9. The minimum absolute atomic E-state index is 0.710. The van der Waals surface area contributed by atoms with E-state index in [0.29, 0.717) is 5.82 Å². The lowest BCUT2D eigenvalue weighted by molar-refractivity contribution is 1.05. The number of para-hydroxylation sites is 2. The van der Waals surface area contributed by atoms with Gasteiger partial charge >= 0.3 is 0 Å². The van der Waals surface area contributed by atoms with Crippen molar-refractivity contribution in [2.45, 2.75) is 0 Å². The first-order valence-electron chi connectivity index (χ1n) is 14.8. The van der Waals surface area contributed by atoms with Gasteiger partial charge in [-0.05, 0) is 53.6 Å². The van der Waals surface area contributed by atoms with E-state index in [4.69, 9.17) is 9.97 Å². The Morgan fingerprint density at radius 3 is 1.84 bits per heavy atom. The summed E-state index contributed by atoms with van der Waals surface area (Å²) in [5, 5.41) is 4.93. The van der Waals surface area contributed by atoms with Gasteiger partial charge in [0.25, 0.3) is 0 Å². The molecule has 0 N–H and O–H groups in total. The van der Waals surface area contributed by atoms with Gasteiger partial charge in [0.2, 0.25) is 0 Å². The Hall–Kier alpha value is -5.58. The van der Waals surface area contributed by atoms with Crippen LogP contribution >= 0.6 is 11.3 Å². The molecule has 0 unspecified atom stereocenters. The van der Waals surface area contributed by atoms with E-state index in [1.807, 2.05) is 11.3 Å². The number of nitrogens with zero attached hydrogens (tertiary/aromatic N) is 3. The molecule has 0 bridgehead atoms. The average molecular weight is 580 g/mol. The van der Waals surface area contributed by atoms with Gasteiger partial charge in [-0.15, -0.1) is 11.3 Å². The van der Waals surface area contributed by atoms with Crippen LogP contribution in [-0.2, 0) is 0 Å². The van der Waals surface area contributed by atoms with Gasteiger partial charge in [0, 0.05) is 48.1 Å². The summed E-state index contributed by atoms with van der Waals surface area (Å²) in [6, 6.07) is 53.6. The molecule has 0 atom stereocenters. The monoisotopic (exact) mass is 579 g/mol. The normalized spacial score (nSPS) is 11.6. The van der Waals surface area contributed by atoms with Crippen LogP contribution < -0.4 is 0 Å². The fourth-order valence-corrected chi connectivity index (χ4v) is 7.44. The highest BCUT2D eigenvalue weighted by atomic mass is 32.1. The Labute approximate surface area is 258 Å². The van der Waals surface area contributed by atoms with Gasteiger partial charge in [0.05, 0.1) is 16.7 Å². The third-order valence-corrected chi connectivity index (χ3v) is 9.57. The van der Waals surface area contributed by atoms with Crippen LogP contribution in [-0.4, -0.2) is 14.5 Å². The van der Waals surface area contributed by atoms with Crippen molar-refractivity contribution in [1.29, 1.82) is 0 Å². The van der Waals surface area contributed by atoms with Crippen molar-refractivity contribution in [3.8, 4) is 39.6 Å². The Balaban J connectivity index is 1.31. The van der Waals surface area contributed by atoms with Crippen LogP contribution in [0.15, 0.2) is 152 Å². The van der Waals surface area contributed by atoms with Crippen molar-refractivity contribution in [1.82, 2.24) is 14.5 Å². The van der Waals surface area contributed by atoms with Crippen LogP contribution in [0.1, 0.15) is 0 Å². The van der Waals surface area contributed by atoms with Gasteiger partial charge in [0.1, 0.15) is 5.82 Å². The van der Waals surface area contributed by atoms with Crippen LogP contribution in [0.4, 0.5) is 0 Å². The highest BCUT2D eigenvalue weighted by Crippen LogP contribution is 2.37. The summed E-state index contributed by atoms with van der Waals surface area (Å²) < 4.78 is 4.83. The average Bonchev–Trinajstić information content (AvgIpc) is 3.64. The standard InChI is InChI=1S/C40H25N3S/c1-2-11-26(12-3-1)27-13-10-14-28(23-27)34-25-39(43-35-18-7-4-15-30(35)31-16-5-8-19-36(31)43)42-40(41-34)29-21-22-38-33(24-29)32-17-6-9-20-37(32)44-38/h1-25H. The second-order valence-electron chi connectivity index (χ2n) is 11.1. The molecule has 0 saturated heterocycles. The molecule has 0 aliphatic carbocycles. The van der Waals surface area contributed by atoms with Gasteiger partial charge in [-0.3, -0.25) is 4.57 Å². The summed E-state index contributed by atoms with van der Waals surface area (Å²) in [5.74, 6) is 1.56. The number of aromatic nitrogens is 3. The molecule has 3 nitrogen and oxygen atoms in total. The number of rotatable bonds is 4. The number of hydrogen-bond donors (Lipinski definition) is 0. The molecular weight excluding hydrogens is 555 g/mol. The molecule has 44 heavy (non-hydrogen) atoms. The zero-order valence-electron chi connectivity index (χ0n) is 23.7. The molecule has 3 heterocycles. The number of hydrogen-bond acceptors (Lipinski definition) is 3. The molecule has 0 fully saturated rings. The van der Waals surface area contributed by atoms with Crippen LogP contribution in [0.5, 0.6) is 0 Å². The highest BCUT2D eigenvalue weighted by molar-refractivity contribution is 7.25. The van der Waals surface area contributed by atoms with E-state index in [1.165, 1.54) is 36.5 Å². The Kier molecular flexibility index (Phi) is 5.68. The summed E-state index contributed by atoms with van der Waals surface area (Å²) in [4.78, 5) is 10.5. The molecule has 206 valence electrons. The van der Waals surface area contributed by atoms with E-state index in [2.05, 4.69) is 156 Å². The van der Waals surface area contributed by atoms with Crippen molar-refractivity contribution in [3.05, 3.63) is 152 Å². The fourth-order valence-electron chi connectivity index (χ4n) is 6.35.